The van der Waals surface area contributed by atoms with Crippen molar-refractivity contribution in [1.82, 2.24) is 0 Å². The highest BCUT2D eigenvalue weighted by molar-refractivity contribution is 5.53. The fourth-order valence-corrected chi connectivity index (χ4v) is 2.21. The van der Waals surface area contributed by atoms with Crippen LogP contribution in [0.4, 0.5) is 14.5 Å². The number of ether oxygens (including phenoxy) is 1. The summed E-state index contributed by atoms with van der Waals surface area (Å²) in [6.07, 6.45) is 0. The molecule has 2 aromatic carbocycles. The van der Waals surface area contributed by atoms with Crippen LogP contribution in [0.25, 0.3) is 0 Å². The number of halogens is 2. The van der Waals surface area contributed by atoms with E-state index in [0.29, 0.717) is 18.0 Å². The van der Waals surface area contributed by atoms with Crippen molar-refractivity contribution in [3.63, 3.8) is 0 Å². The molecule has 2 rings (SSSR count). The molecule has 0 spiro atoms. The first-order chi connectivity index (χ1) is 10.1. The molecular weight excluding hydrogens is 272 g/mol. The fraction of sp³-hybridized carbons (Fsp3) is 0.294. The zero-order chi connectivity index (χ0) is 15.2. The highest BCUT2D eigenvalue weighted by atomic mass is 19.3. The Balaban J connectivity index is 2.14. The number of anilines is 1. The number of hydrogen-bond acceptors (Lipinski definition) is 2. The van der Waals surface area contributed by atoms with Crippen LogP contribution in [0.15, 0.2) is 48.5 Å². The van der Waals surface area contributed by atoms with Gasteiger partial charge in [0.25, 0.3) is 0 Å². The van der Waals surface area contributed by atoms with E-state index in [9.17, 15) is 8.78 Å². The molecule has 0 aliphatic rings. The third-order valence-corrected chi connectivity index (χ3v) is 3.24. The Morgan fingerprint density at radius 2 is 1.67 bits per heavy atom. The summed E-state index contributed by atoms with van der Waals surface area (Å²) in [5, 5.41) is 3.30. The molecule has 0 saturated carbocycles. The van der Waals surface area contributed by atoms with Gasteiger partial charge in [-0.15, -0.1) is 0 Å². The topological polar surface area (TPSA) is 21.3 Å². The fourth-order valence-electron chi connectivity index (χ4n) is 2.21. The van der Waals surface area contributed by atoms with E-state index >= 15 is 0 Å². The molecule has 21 heavy (non-hydrogen) atoms. The lowest BCUT2D eigenvalue weighted by Crippen LogP contribution is -2.08. The molecule has 2 aromatic rings. The minimum atomic E-state index is -2.81. The molecule has 0 aliphatic carbocycles. The van der Waals surface area contributed by atoms with Gasteiger partial charge >= 0.3 is 6.61 Å². The van der Waals surface area contributed by atoms with Crippen LogP contribution in [0.2, 0.25) is 0 Å². The lowest BCUT2D eigenvalue weighted by molar-refractivity contribution is -0.0504. The van der Waals surface area contributed by atoms with Crippen LogP contribution in [-0.4, -0.2) is 6.61 Å². The molecule has 0 radical (unpaired) electrons. The van der Waals surface area contributed by atoms with Crippen molar-refractivity contribution in [3.8, 4) is 5.75 Å². The van der Waals surface area contributed by atoms with Gasteiger partial charge in [-0.3, -0.25) is 0 Å². The molecule has 0 unspecified atom stereocenters. The van der Waals surface area contributed by atoms with Crippen LogP contribution in [0.1, 0.15) is 30.9 Å². The van der Waals surface area contributed by atoms with Gasteiger partial charge < -0.3 is 10.1 Å². The monoisotopic (exact) mass is 291 g/mol. The van der Waals surface area contributed by atoms with Crippen LogP contribution in [0.5, 0.6) is 5.75 Å². The number of para-hydroxylation sites is 2. The number of alkyl halides is 2. The largest absolute Gasteiger partial charge is 0.434 e. The Morgan fingerprint density at radius 3 is 2.38 bits per heavy atom. The first-order valence-electron chi connectivity index (χ1n) is 6.93. The molecule has 112 valence electrons. The van der Waals surface area contributed by atoms with Gasteiger partial charge in [-0.25, -0.2) is 0 Å². The second-order valence-electron chi connectivity index (χ2n) is 5.08. The molecule has 1 N–H and O–H groups in total. The summed E-state index contributed by atoms with van der Waals surface area (Å²) >= 11 is 0. The van der Waals surface area contributed by atoms with E-state index < -0.39 is 6.61 Å². The van der Waals surface area contributed by atoms with E-state index in [1.54, 1.807) is 18.2 Å². The van der Waals surface area contributed by atoms with Crippen LogP contribution >= 0.6 is 0 Å². The Labute approximate surface area is 123 Å². The number of nitrogens with one attached hydrogen (secondary N) is 1. The molecule has 2 nitrogen and oxygen atoms in total. The van der Waals surface area contributed by atoms with Crippen LogP contribution in [-0.2, 0) is 6.54 Å². The van der Waals surface area contributed by atoms with Crippen molar-refractivity contribution in [2.45, 2.75) is 32.9 Å². The SMILES string of the molecule is CC(C)c1ccccc1NCc1ccccc1OC(F)F. The highest BCUT2D eigenvalue weighted by Gasteiger charge is 2.10. The van der Waals surface area contributed by atoms with Crippen molar-refractivity contribution in [1.29, 1.82) is 0 Å². The summed E-state index contributed by atoms with van der Waals surface area (Å²) in [7, 11) is 0. The summed E-state index contributed by atoms with van der Waals surface area (Å²) in [4.78, 5) is 0. The zero-order valence-electron chi connectivity index (χ0n) is 12.1. The summed E-state index contributed by atoms with van der Waals surface area (Å²) in [5.41, 5.74) is 2.92. The van der Waals surface area contributed by atoms with Crippen LogP contribution < -0.4 is 10.1 Å². The first kappa shape index (κ1) is 15.3. The molecule has 0 aromatic heterocycles. The number of benzene rings is 2. The van der Waals surface area contributed by atoms with Crippen LogP contribution in [0.3, 0.4) is 0 Å². The Kier molecular flexibility index (Phi) is 5.14. The van der Waals surface area contributed by atoms with E-state index in [0.717, 1.165) is 5.69 Å². The maximum absolute atomic E-state index is 12.4. The van der Waals surface area contributed by atoms with Gasteiger partial charge in [-0.05, 0) is 23.6 Å². The molecule has 0 heterocycles. The minimum Gasteiger partial charge on any atom is -0.434 e. The maximum atomic E-state index is 12.4. The van der Waals surface area contributed by atoms with Crippen LogP contribution in [0, 0.1) is 0 Å². The second-order valence-corrected chi connectivity index (χ2v) is 5.08. The summed E-state index contributed by atoms with van der Waals surface area (Å²) in [5.74, 6) is 0.600. The maximum Gasteiger partial charge on any atom is 0.387 e. The van der Waals surface area contributed by atoms with Gasteiger partial charge in [0.1, 0.15) is 5.75 Å². The molecule has 4 heteroatoms. The normalized spacial score (nSPS) is 11.0. The average Bonchev–Trinajstić information content (AvgIpc) is 2.46. The van der Waals surface area contributed by atoms with Gasteiger partial charge in [-0.2, -0.15) is 8.78 Å². The van der Waals surface area contributed by atoms with E-state index in [1.807, 2.05) is 24.3 Å². The second kappa shape index (κ2) is 7.07. The third kappa shape index (κ3) is 4.18. The van der Waals surface area contributed by atoms with Crippen molar-refractivity contribution < 1.29 is 13.5 Å². The molecular formula is C17H19F2NO. The summed E-state index contributed by atoms with van der Waals surface area (Å²) in [6, 6.07) is 14.8. The number of hydrogen-bond donors (Lipinski definition) is 1. The number of rotatable bonds is 6. The summed E-state index contributed by atoms with van der Waals surface area (Å²) < 4.78 is 29.3. The Bertz CT molecular complexity index is 585. The molecule has 0 bridgehead atoms. The smallest absolute Gasteiger partial charge is 0.387 e. The predicted octanol–water partition coefficient (Wildman–Crippen LogP) is 5.02. The first-order valence-corrected chi connectivity index (χ1v) is 6.93. The van der Waals surface area contributed by atoms with E-state index in [4.69, 9.17) is 0 Å². The quantitative estimate of drug-likeness (QED) is 0.806. The third-order valence-electron chi connectivity index (χ3n) is 3.24. The van der Waals surface area contributed by atoms with Gasteiger partial charge in [0.15, 0.2) is 0 Å². The van der Waals surface area contributed by atoms with Gasteiger partial charge in [0, 0.05) is 17.8 Å². The van der Waals surface area contributed by atoms with Gasteiger partial charge in [0.05, 0.1) is 0 Å². The molecule has 0 saturated heterocycles. The lowest BCUT2D eigenvalue weighted by atomic mass is 10.0. The Hall–Kier alpha value is -2.10. The zero-order valence-corrected chi connectivity index (χ0v) is 12.1. The van der Waals surface area contributed by atoms with E-state index in [-0.39, 0.29) is 5.75 Å². The molecule has 0 aliphatic heterocycles. The summed E-state index contributed by atoms with van der Waals surface area (Å²) in [6.45, 7) is 1.86. The predicted molar refractivity (Wildman–Crippen MR) is 80.9 cm³/mol. The van der Waals surface area contributed by atoms with Gasteiger partial charge in [0.2, 0.25) is 0 Å². The molecule has 0 amide bonds. The van der Waals surface area contributed by atoms with Crippen molar-refractivity contribution in [2.24, 2.45) is 0 Å². The Morgan fingerprint density at radius 1 is 1.00 bits per heavy atom. The highest BCUT2D eigenvalue weighted by Crippen LogP contribution is 2.26. The van der Waals surface area contributed by atoms with E-state index in [1.165, 1.54) is 5.56 Å². The standard InChI is InChI=1S/C17H19F2NO/c1-12(2)14-8-4-5-9-15(14)20-11-13-7-3-6-10-16(13)21-17(18)19/h3-10,12,17,20H,11H2,1-2H3. The van der Waals surface area contributed by atoms with E-state index in [2.05, 4.69) is 30.0 Å². The van der Waals surface area contributed by atoms with Gasteiger partial charge in [-0.1, -0.05) is 50.2 Å². The molecule has 0 fully saturated rings. The molecule has 0 atom stereocenters. The van der Waals surface area contributed by atoms with Crippen molar-refractivity contribution in [2.75, 3.05) is 5.32 Å². The minimum absolute atomic E-state index is 0.210. The average molecular weight is 291 g/mol. The van der Waals surface area contributed by atoms with Crippen molar-refractivity contribution in [3.05, 3.63) is 59.7 Å². The lowest BCUT2D eigenvalue weighted by Gasteiger charge is -2.16. The van der Waals surface area contributed by atoms with Crippen molar-refractivity contribution >= 4 is 5.69 Å².